The standard InChI is InChI=1S/C14H12BrClN2O2S/c1-18(2)14(20)10-4-3-9(16)6-11(10)17-13(19)8-5-12(15)21-7-8/h3-7H,1-2H3,(H,17,19). The van der Waals surface area contributed by atoms with Crippen LogP contribution in [0.4, 0.5) is 5.69 Å². The van der Waals surface area contributed by atoms with E-state index < -0.39 is 0 Å². The zero-order valence-corrected chi connectivity index (χ0v) is 14.5. The SMILES string of the molecule is CN(C)C(=O)c1ccc(Cl)cc1NC(=O)c1csc(Br)c1. The van der Waals surface area contributed by atoms with Gasteiger partial charge in [-0.2, -0.15) is 0 Å². The summed E-state index contributed by atoms with van der Waals surface area (Å²) in [6.45, 7) is 0. The summed E-state index contributed by atoms with van der Waals surface area (Å²) in [6, 6.07) is 6.51. The summed E-state index contributed by atoms with van der Waals surface area (Å²) in [5, 5.41) is 4.92. The van der Waals surface area contributed by atoms with E-state index in [1.54, 1.807) is 43.7 Å². The molecule has 0 spiro atoms. The maximum absolute atomic E-state index is 12.2. The van der Waals surface area contributed by atoms with Crippen molar-refractivity contribution in [3.8, 4) is 0 Å². The molecule has 1 heterocycles. The minimum atomic E-state index is -0.285. The van der Waals surface area contributed by atoms with Gasteiger partial charge in [0.15, 0.2) is 0 Å². The number of amides is 2. The summed E-state index contributed by atoms with van der Waals surface area (Å²) in [4.78, 5) is 25.8. The maximum Gasteiger partial charge on any atom is 0.256 e. The Morgan fingerprint density at radius 2 is 2.00 bits per heavy atom. The van der Waals surface area contributed by atoms with Gasteiger partial charge >= 0.3 is 0 Å². The van der Waals surface area contributed by atoms with E-state index in [1.165, 1.54) is 16.2 Å². The number of rotatable bonds is 3. The van der Waals surface area contributed by atoms with E-state index >= 15 is 0 Å². The number of hydrogen-bond donors (Lipinski definition) is 1. The first kappa shape index (κ1) is 16.0. The number of halogens is 2. The van der Waals surface area contributed by atoms with Crippen LogP contribution in [0, 0.1) is 0 Å². The fourth-order valence-corrected chi connectivity index (χ4v) is 2.98. The lowest BCUT2D eigenvalue weighted by Crippen LogP contribution is -2.24. The summed E-state index contributed by atoms with van der Waals surface area (Å²) in [5.41, 5.74) is 1.32. The van der Waals surface area contributed by atoms with Crippen LogP contribution in [0.5, 0.6) is 0 Å². The Labute approximate surface area is 139 Å². The van der Waals surface area contributed by atoms with Gasteiger partial charge in [-0.3, -0.25) is 9.59 Å². The average molecular weight is 388 g/mol. The van der Waals surface area contributed by atoms with Crippen LogP contribution in [0.1, 0.15) is 20.7 Å². The molecular formula is C14H12BrClN2O2S. The Morgan fingerprint density at radius 1 is 1.29 bits per heavy atom. The van der Waals surface area contributed by atoms with Crippen molar-refractivity contribution in [1.82, 2.24) is 4.90 Å². The van der Waals surface area contributed by atoms with E-state index in [0.717, 1.165) is 3.79 Å². The van der Waals surface area contributed by atoms with Crippen molar-refractivity contribution in [2.75, 3.05) is 19.4 Å². The smallest absolute Gasteiger partial charge is 0.256 e. The highest BCUT2D eigenvalue weighted by atomic mass is 79.9. The monoisotopic (exact) mass is 386 g/mol. The number of anilines is 1. The zero-order valence-electron chi connectivity index (χ0n) is 11.3. The van der Waals surface area contributed by atoms with Gasteiger partial charge in [0.1, 0.15) is 0 Å². The molecule has 21 heavy (non-hydrogen) atoms. The van der Waals surface area contributed by atoms with Crippen molar-refractivity contribution in [2.45, 2.75) is 0 Å². The second kappa shape index (κ2) is 6.60. The number of carbonyl (C=O) groups excluding carboxylic acids is 2. The van der Waals surface area contributed by atoms with Crippen molar-refractivity contribution >= 4 is 56.4 Å². The van der Waals surface area contributed by atoms with Crippen LogP contribution in [0.3, 0.4) is 0 Å². The van der Waals surface area contributed by atoms with E-state index in [2.05, 4.69) is 21.2 Å². The van der Waals surface area contributed by atoms with Crippen LogP contribution in [0.25, 0.3) is 0 Å². The molecular weight excluding hydrogens is 376 g/mol. The quantitative estimate of drug-likeness (QED) is 0.861. The summed E-state index contributed by atoms with van der Waals surface area (Å²) < 4.78 is 0.864. The highest BCUT2D eigenvalue weighted by Gasteiger charge is 2.17. The molecule has 0 atom stereocenters. The third kappa shape index (κ3) is 3.84. The van der Waals surface area contributed by atoms with Crippen LogP contribution in [-0.2, 0) is 0 Å². The lowest BCUT2D eigenvalue weighted by molar-refractivity contribution is 0.0828. The highest BCUT2D eigenvalue weighted by molar-refractivity contribution is 9.11. The summed E-state index contributed by atoms with van der Waals surface area (Å²) in [5.74, 6) is -0.486. The lowest BCUT2D eigenvalue weighted by Gasteiger charge is -2.15. The molecule has 2 amide bonds. The number of benzene rings is 1. The Balaban J connectivity index is 2.32. The van der Waals surface area contributed by atoms with Crippen molar-refractivity contribution < 1.29 is 9.59 Å². The highest BCUT2D eigenvalue weighted by Crippen LogP contribution is 2.25. The lowest BCUT2D eigenvalue weighted by atomic mass is 10.1. The van der Waals surface area contributed by atoms with Crippen molar-refractivity contribution in [3.63, 3.8) is 0 Å². The Hall–Kier alpha value is -1.37. The Kier molecular flexibility index (Phi) is 5.03. The molecule has 0 saturated carbocycles. The molecule has 0 aliphatic heterocycles. The van der Waals surface area contributed by atoms with E-state index in [1.807, 2.05) is 0 Å². The summed E-state index contributed by atoms with van der Waals surface area (Å²) in [7, 11) is 3.30. The van der Waals surface area contributed by atoms with E-state index in [4.69, 9.17) is 11.6 Å². The van der Waals surface area contributed by atoms with Gasteiger partial charge in [0.05, 0.1) is 20.6 Å². The van der Waals surface area contributed by atoms with E-state index in [-0.39, 0.29) is 11.8 Å². The number of hydrogen-bond acceptors (Lipinski definition) is 3. The molecule has 4 nitrogen and oxygen atoms in total. The second-order valence-electron chi connectivity index (χ2n) is 4.48. The molecule has 0 radical (unpaired) electrons. The van der Waals surface area contributed by atoms with Crippen molar-refractivity contribution in [2.24, 2.45) is 0 Å². The fraction of sp³-hybridized carbons (Fsp3) is 0.143. The normalized spacial score (nSPS) is 10.3. The average Bonchev–Trinajstić information content (AvgIpc) is 2.85. The number of nitrogens with one attached hydrogen (secondary N) is 1. The van der Waals surface area contributed by atoms with Gasteiger partial charge in [-0.05, 0) is 40.2 Å². The predicted molar refractivity (Wildman–Crippen MR) is 89.4 cm³/mol. The molecule has 1 aromatic heterocycles. The van der Waals surface area contributed by atoms with Crippen molar-refractivity contribution in [1.29, 1.82) is 0 Å². The van der Waals surface area contributed by atoms with Crippen LogP contribution in [0.15, 0.2) is 33.4 Å². The maximum atomic E-state index is 12.2. The Bertz CT molecular complexity index is 700. The molecule has 0 unspecified atom stereocenters. The predicted octanol–water partition coefficient (Wildman–Crippen LogP) is 4.12. The first-order valence-electron chi connectivity index (χ1n) is 5.95. The van der Waals surface area contributed by atoms with Gasteiger partial charge < -0.3 is 10.2 Å². The van der Waals surface area contributed by atoms with Gasteiger partial charge in [0.25, 0.3) is 11.8 Å². The molecule has 110 valence electrons. The molecule has 0 saturated heterocycles. The number of nitrogens with zero attached hydrogens (tertiary/aromatic N) is 1. The number of thiophene rings is 1. The molecule has 0 aliphatic carbocycles. The minimum Gasteiger partial charge on any atom is -0.345 e. The minimum absolute atomic E-state index is 0.200. The van der Waals surface area contributed by atoms with Crippen LogP contribution in [0.2, 0.25) is 5.02 Å². The Morgan fingerprint density at radius 3 is 2.57 bits per heavy atom. The van der Waals surface area contributed by atoms with Gasteiger partial charge in [-0.15, -0.1) is 11.3 Å². The molecule has 0 fully saturated rings. The largest absolute Gasteiger partial charge is 0.345 e. The van der Waals surface area contributed by atoms with Gasteiger partial charge in [0.2, 0.25) is 0 Å². The first-order valence-corrected chi connectivity index (χ1v) is 8.00. The van der Waals surface area contributed by atoms with E-state index in [9.17, 15) is 9.59 Å². The molecule has 1 aromatic carbocycles. The van der Waals surface area contributed by atoms with E-state index in [0.29, 0.717) is 21.8 Å². The van der Waals surface area contributed by atoms with Gasteiger partial charge in [0, 0.05) is 24.5 Å². The first-order chi connectivity index (χ1) is 9.88. The third-order valence-electron chi connectivity index (χ3n) is 2.70. The molecule has 7 heteroatoms. The molecule has 0 bridgehead atoms. The zero-order chi connectivity index (χ0) is 15.6. The summed E-state index contributed by atoms with van der Waals surface area (Å²) >= 11 is 10.7. The molecule has 2 rings (SSSR count). The van der Waals surface area contributed by atoms with Crippen LogP contribution in [-0.4, -0.2) is 30.8 Å². The van der Waals surface area contributed by atoms with Crippen molar-refractivity contribution in [3.05, 3.63) is 49.6 Å². The van der Waals surface area contributed by atoms with Crippen LogP contribution >= 0.6 is 38.9 Å². The second-order valence-corrected chi connectivity index (χ2v) is 7.21. The molecule has 2 aromatic rings. The molecule has 1 N–H and O–H groups in total. The van der Waals surface area contributed by atoms with Gasteiger partial charge in [-0.25, -0.2) is 0 Å². The fourth-order valence-electron chi connectivity index (χ4n) is 1.67. The van der Waals surface area contributed by atoms with Gasteiger partial charge in [-0.1, -0.05) is 11.6 Å². The third-order valence-corrected chi connectivity index (χ3v) is 4.44. The molecule has 0 aliphatic rings. The summed E-state index contributed by atoms with van der Waals surface area (Å²) in [6.07, 6.45) is 0. The van der Waals surface area contributed by atoms with Crippen LogP contribution < -0.4 is 5.32 Å². The topological polar surface area (TPSA) is 49.4 Å². The number of carbonyl (C=O) groups is 2.